The van der Waals surface area contributed by atoms with Gasteiger partial charge < -0.3 is 14.9 Å². The zero-order valence-electron chi connectivity index (χ0n) is 16.8. The van der Waals surface area contributed by atoms with E-state index in [2.05, 4.69) is 34.1 Å². The van der Waals surface area contributed by atoms with E-state index >= 15 is 0 Å². The van der Waals surface area contributed by atoms with Crippen LogP contribution in [0.15, 0.2) is 48.8 Å². The van der Waals surface area contributed by atoms with Crippen molar-refractivity contribution in [1.82, 2.24) is 14.8 Å². The fourth-order valence-electron chi connectivity index (χ4n) is 5.77. The third-order valence-corrected chi connectivity index (χ3v) is 7.49. The summed E-state index contributed by atoms with van der Waals surface area (Å²) in [6, 6.07) is 12.7. The van der Waals surface area contributed by atoms with E-state index in [4.69, 9.17) is 0 Å². The van der Waals surface area contributed by atoms with Crippen molar-refractivity contribution in [2.75, 3.05) is 26.2 Å². The van der Waals surface area contributed by atoms with Crippen LogP contribution in [0.1, 0.15) is 47.2 Å². The molecule has 5 rings (SSSR count). The first-order chi connectivity index (χ1) is 14.2. The molecular formula is C24H29N3O2. The predicted octanol–water partition coefficient (Wildman–Crippen LogP) is 2.64. The van der Waals surface area contributed by atoms with E-state index in [1.807, 2.05) is 4.90 Å². The second-order valence-corrected chi connectivity index (χ2v) is 8.83. The molecule has 1 aliphatic carbocycles. The molecular weight excluding hydrogens is 362 g/mol. The highest BCUT2D eigenvalue weighted by atomic mass is 16.3. The smallest absolute Gasteiger partial charge is 0.253 e. The molecule has 2 aliphatic heterocycles. The van der Waals surface area contributed by atoms with Crippen molar-refractivity contribution < 1.29 is 9.90 Å². The molecule has 2 fully saturated rings. The van der Waals surface area contributed by atoms with Crippen molar-refractivity contribution >= 4 is 5.91 Å². The number of amides is 1. The van der Waals surface area contributed by atoms with Crippen molar-refractivity contribution in [1.29, 1.82) is 0 Å². The lowest BCUT2D eigenvalue weighted by molar-refractivity contribution is 0.0172. The van der Waals surface area contributed by atoms with Crippen molar-refractivity contribution in [3.8, 4) is 0 Å². The summed E-state index contributed by atoms with van der Waals surface area (Å²) in [7, 11) is 0. The van der Waals surface area contributed by atoms with Crippen molar-refractivity contribution in [2.45, 2.75) is 49.7 Å². The number of hydrogen-bond donors (Lipinski definition) is 1. The Morgan fingerprint density at radius 2 is 1.69 bits per heavy atom. The van der Waals surface area contributed by atoms with Crippen LogP contribution in [0.25, 0.3) is 0 Å². The van der Waals surface area contributed by atoms with Gasteiger partial charge in [-0.15, -0.1) is 0 Å². The van der Waals surface area contributed by atoms with Gasteiger partial charge in [0.2, 0.25) is 0 Å². The molecule has 1 N–H and O–H groups in total. The Bertz CT molecular complexity index is 869. The van der Waals surface area contributed by atoms with E-state index in [1.54, 1.807) is 24.5 Å². The van der Waals surface area contributed by atoms with Gasteiger partial charge in [0.25, 0.3) is 5.91 Å². The van der Waals surface area contributed by atoms with Gasteiger partial charge in [0.15, 0.2) is 0 Å². The number of pyridine rings is 1. The first-order valence-corrected chi connectivity index (χ1v) is 10.9. The van der Waals surface area contributed by atoms with Gasteiger partial charge in [0.1, 0.15) is 0 Å². The van der Waals surface area contributed by atoms with Crippen LogP contribution < -0.4 is 0 Å². The number of nitrogens with zero attached hydrogens (tertiary/aromatic N) is 3. The minimum Gasteiger partial charge on any atom is -0.392 e. The molecule has 1 aromatic carbocycles. The van der Waals surface area contributed by atoms with Crippen LogP contribution in [0.2, 0.25) is 0 Å². The second kappa shape index (κ2) is 7.54. The molecule has 29 heavy (non-hydrogen) atoms. The number of benzene rings is 1. The fourth-order valence-corrected chi connectivity index (χ4v) is 5.77. The number of piperidine rings is 2. The zero-order chi connectivity index (χ0) is 19.8. The van der Waals surface area contributed by atoms with Gasteiger partial charge in [-0.05, 0) is 68.5 Å². The van der Waals surface area contributed by atoms with Gasteiger partial charge >= 0.3 is 0 Å². The molecule has 1 amide bonds. The number of aromatic nitrogens is 1. The number of carbonyl (C=O) groups excluding carboxylic acids is 1. The van der Waals surface area contributed by atoms with E-state index in [9.17, 15) is 9.90 Å². The lowest BCUT2D eigenvalue weighted by Crippen LogP contribution is -2.53. The van der Waals surface area contributed by atoms with E-state index < -0.39 is 0 Å². The Kier molecular flexibility index (Phi) is 4.88. The van der Waals surface area contributed by atoms with E-state index in [1.165, 1.54) is 11.1 Å². The number of fused-ring (bicyclic) bond motifs is 2. The Hall–Kier alpha value is -2.24. The summed E-state index contributed by atoms with van der Waals surface area (Å²) in [4.78, 5) is 21.2. The van der Waals surface area contributed by atoms with Gasteiger partial charge in [-0.1, -0.05) is 24.3 Å². The minimum atomic E-state index is -0.248. The van der Waals surface area contributed by atoms with E-state index in [-0.39, 0.29) is 17.4 Å². The summed E-state index contributed by atoms with van der Waals surface area (Å²) in [6.07, 6.45) is 8.03. The van der Waals surface area contributed by atoms with Gasteiger partial charge in [-0.25, -0.2) is 0 Å². The molecule has 0 bridgehead atoms. The summed E-state index contributed by atoms with van der Waals surface area (Å²) in [5.41, 5.74) is 3.39. The Balaban J connectivity index is 1.19. The first-order valence-electron chi connectivity index (χ1n) is 10.9. The van der Waals surface area contributed by atoms with Crippen molar-refractivity contribution in [2.24, 2.45) is 0 Å². The SMILES string of the molecule is O=C(c1ccncc1)N1CCC(N2CCC3(CC2)c2ccccc2CC3O)CC1. The highest BCUT2D eigenvalue weighted by molar-refractivity contribution is 5.94. The van der Waals surface area contributed by atoms with Crippen molar-refractivity contribution in [3.63, 3.8) is 0 Å². The van der Waals surface area contributed by atoms with Crippen molar-refractivity contribution in [3.05, 3.63) is 65.5 Å². The molecule has 5 heteroatoms. The standard InChI is InChI=1S/C24H29N3O2/c28-22-17-19-3-1-2-4-21(19)24(22)9-15-26(16-10-24)20-7-13-27(14-8-20)23(29)18-5-11-25-12-6-18/h1-6,11-12,20,22,28H,7-10,13-17H2. The largest absolute Gasteiger partial charge is 0.392 e. The van der Waals surface area contributed by atoms with E-state index in [0.717, 1.165) is 63.8 Å². The van der Waals surface area contributed by atoms with Crippen LogP contribution in [0, 0.1) is 0 Å². The highest BCUT2D eigenvalue weighted by Gasteiger charge is 2.48. The lowest BCUT2D eigenvalue weighted by Gasteiger charge is -2.46. The summed E-state index contributed by atoms with van der Waals surface area (Å²) in [5.74, 6) is 0.120. The van der Waals surface area contributed by atoms with Gasteiger partial charge in [-0.3, -0.25) is 9.78 Å². The Morgan fingerprint density at radius 1 is 1.00 bits per heavy atom. The number of rotatable bonds is 2. The molecule has 3 aliphatic rings. The van der Waals surface area contributed by atoms with Gasteiger partial charge in [-0.2, -0.15) is 0 Å². The second-order valence-electron chi connectivity index (χ2n) is 8.83. The maximum Gasteiger partial charge on any atom is 0.253 e. The molecule has 152 valence electrons. The number of carbonyl (C=O) groups is 1. The summed E-state index contributed by atoms with van der Waals surface area (Å²) in [5, 5.41) is 10.9. The molecule has 1 spiro atoms. The minimum absolute atomic E-state index is 0.0505. The summed E-state index contributed by atoms with van der Waals surface area (Å²) < 4.78 is 0. The topological polar surface area (TPSA) is 56.7 Å². The Morgan fingerprint density at radius 3 is 2.41 bits per heavy atom. The molecule has 0 saturated carbocycles. The molecule has 1 unspecified atom stereocenters. The average molecular weight is 392 g/mol. The number of likely N-dealkylation sites (tertiary alicyclic amines) is 2. The van der Waals surface area contributed by atoms with Crippen LogP contribution in [-0.2, 0) is 11.8 Å². The van der Waals surface area contributed by atoms with Gasteiger partial charge in [0.05, 0.1) is 6.10 Å². The molecule has 3 heterocycles. The maximum absolute atomic E-state index is 12.7. The zero-order valence-corrected chi connectivity index (χ0v) is 16.8. The molecule has 5 nitrogen and oxygen atoms in total. The third kappa shape index (κ3) is 3.26. The monoisotopic (exact) mass is 391 g/mol. The number of aliphatic hydroxyl groups excluding tert-OH is 1. The van der Waals surface area contributed by atoms with E-state index in [0.29, 0.717) is 6.04 Å². The number of aliphatic hydroxyl groups is 1. The average Bonchev–Trinajstić information content (AvgIpc) is 3.06. The summed E-state index contributed by atoms with van der Waals surface area (Å²) >= 11 is 0. The molecule has 1 atom stereocenters. The summed E-state index contributed by atoms with van der Waals surface area (Å²) in [6.45, 7) is 3.71. The molecule has 2 aromatic rings. The van der Waals surface area contributed by atoms with Crippen LogP contribution in [0.5, 0.6) is 0 Å². The first kappa shape index (κ1) is 18.8. The molecule has 1 aromatic heterocycles. The quantitative estimate of drug-likeness (QED) is 0.855. The van der Waals surface area contributed by atoms with Gasteiger partial charge in [0, 0.05) is 42.5 Å². The number of hydrogen-bond acceptors (Lipinski definition) is 4. The molecule has 2 saturated heterocycles. The third-order valence-electron chi connectivity index (χ3n) is 7.49. The normalized spacial score (nSPS) is 24.6. The van der Waals surface area contributed by atoms with Crippen LogP contribution >= 0.6 is 0 Å². The Labute approximate surface area is 172 Å². The molecule has 0 radical (unpaired) electrons. The predicted molar refractivity (Wildman–Crippen MR) is 112 cm³/mol. The lowest BCUT2D eigenvalue weighted by atomic mass is 9.72. The maximum atomic E-state index is 12.7. The van der Waals surface area contributed by atoms with Crippen LogP contribution in [-0.4, -0.2) is 64.1 Å². The fraction of sp³-hybridized carbons (Fsp3) is 0.500. The van der Waals surface area contributed by atoms with Crippen LogP contribution in [0.4, 0.5) is 0 Å². The highest BCUT2D eigenvalue weighted by Crippen LogP contribution is 2.46. The van der Waals surface area contributed by atoms with Crippen LogP contribution in [0.3, 0.4) is 0 Å².